The first-order valence-corrected chi connectivity index (χ1v) is 7.89. The first-order chi connectivity index (χ1) is 9.39. The SMILES string of the molecule is CCC1(C(=O)NCC(CC(=O)O)CC(C)C)CCCC1. The highest BCUT2D eigenvalue weighted by Gasteiger charge is 2.39. The minimum Gasteiger partial charge on any atom is -0.481 e. The van der Waals surface area contributed by atoms with Crippen LogP contribution in [0, 0.1) is 17.3 Å². The highest BCUT2D eigenvalue weighted by molar-refractivity contribution is 5.82. The molecule has 1 aliphatic carbocycles. The highest BCUT2D eigenvalue weighted by Crippen LogP contribution is 2.41. The largest absolute Gasteiger partial charge is 0.481 e. The summed E-state index contributed by atoms with van der Waals surface area (Å²) in [5, 5.41) is 12.0. The van der Waals surface area contributed by atoms with E-state index in [0.717, 1.165) is 38.5 Å². The Labute approximate surface area is 122 Å². The maximum absolute atomic E-state index is 12.4. The summed E-state index contributed by atoms with van der Waals surface area (Å²) in [6.45, 7) is 6.74. The van der Waals surface area contributed by atoms with E-state index >= 15 is 0 Å². The van der Waals surface area contributed by atoms with Crippen molar-refractivity contribution in [2.75, 3.05) is 6.54 Å². The number of carbonyl (C=O) groups is 2. The van der Waals surface area contributed by atoms with Crippen LogP contribution < -0.4 is 5.32 Å². The van der Waals surface area contributed by atoms with Crippen molar-refractivity contribution >= 4 is 11.9 Å². The van der Waals surface area contributed by atoms with Crippen molar-refractivity contribution in [2.45, 2.75) is 65.7 Å². The van der Waals surface area contributed by atoms with Crippen LogP contribution in [-0.2, 0) is 9.59 Å². The standard InChI is InChI=1S/C16H29NO3/c1-4-16(7-5-6-8-16)15(20)17-11-13(9-12(2)3)10-14(18)19/h12-13H,4-11H2,1-3H3,(H,17,20)(H,18,19). The van der Waals surface area contributed by atoms with Crippen molar-refractivity contribution in [2.24, 2.45) is 17.3 Å². The van der Waals surface area contributed by atoms with Gasteiger partial charge in [-0.05, 0) is 37.5 Å². The molecule has 0 aliphatic heterocycles. The van der Waals surface area contributed by atoms with Crippen LogP contribution >= 0.6 is 0 Å². The van der Waals surface area contributed by atoms with Gasteiger partial charge in [-0.15, -0.1) is 0 Å². The zero-order chi connectivity index (χ0) is 15.2. The van der Waals surface area contributed by atoms with Gasteiger partial charge >= 0.3 is 5.97 Å². The van der Waals surface area contributed by atoms with E-state index in [9.17, 15) is 9.59 Å². The summed E-state index contributed by atoms with van der Waals surface area (Å²) in [5.74, 6) is -0.165. The molecule has 20 heavy (non-hydrogen) atoms. The molecule has 0 aromatic heterocycles. The second kappa shape index (κ2) is 7.65. The maximum Gasteiger partial charge on any atom is 0.303 e. The lowest BCUT2D eigenvalue weighted by atomic mass is 9.82. The van der Waals surface area contributed by atoms with Gasteiger partial charge in [0.15, 0.2) is 0 Å². The fraction of sp³-hybridized carbons (Fsp3) is 0.875. The summed E-state index contributed by atoms with van der Waals surface area (Å²) in [7, 11) is 0. The number of hydrogen-bond donors (Lipinski definition) is 2. The molecule has 1 amide bonds. The fourth-order valence-corrected chi connectivity index (χ4v) is 3.37. The minimum atomic E-state index is -0.782. The third kappa shape index (κ3) is 4.80. The molecule has 2 N–H and O–H groups in total. The van der Waals surface area contributed by atoms with Gasteiger partial charge in [0.25, 0.3) is 0 Å². The van der Waals surface area contributed by atoms with Crippen molar-refractivity contribution in [3.8, 4) is 0 Å². The van der Waals surface area contributed by atoms with Gasteiger partial charge in [-0.3, -0.25) is 9.59 Å². The zero-order valence-corrected chi connectivity index (χ0v) is 13.1. The third-order valence-corrected chi connectivity index (χ3v) is 4.54. The minimum absolute atomic E-state index is 0.0340. The molecule has 1 fully saturated rings. The smallest absolute Gasteiger partial charge is 0.303 e. The molecule has 1 aliphatic rings. The number of nitrogens with one attached hydrogen (secondary N) is 1. The van der Waals surface area contributed by atoms with Crippen LogP contribution in [0.5, 0.6) is 0 Å². The monoisotopic (exact) mass is 283 g/mol. The summed E-state index contributed by atoms with van der Waals surface area (Å²) in [4.78, 5) is 23.3. The lowest BCUT2D eigenvalue weighted by molar-refractivity contribution is -0.139. The molecular formula is C16H29NO3. The van der Waals surface area contributed by atoms with Crippen LogP contribution in [0.4, 0.5) is 0 Å². The third-order valence-electron chi connectivity index (χ3n) is 4.54. The molecule has 4 heteroatoms. The van der Waals surface area contributed by atoms with E-state index < -0.39 is 5.97 Å². The van der Waals surface area contributed by atoms with E-state index in [-0.39, 0.29) is 23.7 Å². The Balaban J connectivity index is 2.52. The average molecular weight is 283 g/mol. The van der Waals surface area contributed by atoms with Crippen LogP contribution in [0.15, 0.2) is 0 Å². The van der Waals surface area contributed by atoms with Crippen molar-refractivity contribution in [3.05, 3.63) is 0 Å². The van der Waals surface area contributed by atoms with Crippen LogP contribution in [0.2, 0.25) is 0 Å². The topological polar surface area (TPSA) is 66.4 Å². The van der Waals surface area contributed by atoms with E-state index in [2.05, 4.69) is 26.1 Å². The van der Waals surface area contributed by atoms with E-state index in [1.54, 1.807) is 0 Å². The maximum atomic E-state index is 12.4. The molecule has 0 saturated heterocycles. The van der Waals surface area contributed by atoms with Crippen molar-refractivity contribution in [3.63, 3.8) is 0 Å². The summed E-state index contributed by atoms with van der Waals surface area (Å²) >= 11 is 0. The molecule has 0 bridgehead atoms. The Morgan fingerprint density at radius 3 is 2.30 bits per heavy atom. The lowest BCUT2D eigenvalue weighted by Gasteiger charge is -2.27. The average Bonchev–Trinajstić information content (AvgIpc) is 2.84. The van der Waals surface area contributed by atoms with Crippen LogP contribution in [0.25, 0.3) is 0 Å². The van der Waals surface area contributed by atoms with E-state index in [0.29, 0.717) is 12.5 Å². The molecule has 0 radical (unpaired) electrons. The van der Waals surface area contributed by atoms with E-state index in [1.807, 2.05) is 0 Å². The number of aliphatic carboxylic acids is 1. The number of carboxylic acid groups (broad SMARTS) is 1. The van der Waals surface area contributed by atoms with Crippen LogP contribution in [0.3, 0.4) is 0 Å². The zero-order valence-electron chi connectivity index (χ0n) is 13.1. The molecule has 1 saturated carbocycles. The molecule has 4 nitrogen and oxygen atoms in total. The predicted octanol–water partition coefficient (Wildman–Crippen LogP) is 3.21. The summed E-state index contributed by atoms with van der Waals surface area (Å²) in [5.41, 5.74) is -0.189. The van der Waals surface area contributed by atoms with Crippen molar-refractivity contribution < 1.29 is 14.7 Å². The fourth-order valence-electron chi connectivity index (χ4n) is 3.37. The Morgan fingerprint density at radius 1 is 1.25 bits per heavy atom. The normalized spacial score (nSPS) is 19.0. The molecule has 0 aromatic rings. The number of carbonyl (C=O) groups excluding carboxylic acids is 1. The van der Waals surface area contributed by atoms with Crippen LogP contribution in [-0.4, -0.2) is 23.5 Å². The molecule has 116 valence electrons. The van der Waals surface area contributed by atoms with Gasteiger partial charge in [-0.1, -0.05) is 33.6 Å². The number of carboxylic acids is 1. The Morgan fingerprint density at radius 2 is 1.85 bits per heavy atom. The van der Waals surface area contributed by atoms with E-state index in [1.165, 1.54) is 0 Å². The Bertz CT molecular complexity index is 333. The number of amides is 1. The quantitative estimate of drug-likeness (QED) is 0.719. The van der Waals surface area contributed by atoms with Gasteiger partial charge in [0.1, 0.15) is 0 Å². The first kappa shape index (κ1) is 17.0. The Hall–Kier alpha value is -1.06. The predicted molar refractivity (Wildman–Crippen MR) is 79.4 cm³/mol. The summed E-state index contributed by atoms with van der Waals surface area (Å²) < 4.78 is 0. The van der Waals surface area contributed by atoms with Crippen molar-refractivity contribution in [1.82, 2.24) is 5.32 Å². The number of rotatable bonds is 8. The van der Waals surface area contributed by atoms with Crippen LogP contribution in [0.1, 0.15) is 65.7 Å². The second-order valence-corrected chi connectivity index (χ2v) is 6.64. The lowest BCUT2D eigenvalue weighted by Crippen LogP contribution is -2.41. The van der Waals surface area contributed by atoms with Gasteiger partial charge in [0, 0.05) is 18.4 Å². The van der Waals surface area contributed by atoms with Gasteiger partial charge in [0.05, 0.1) is 0 Å². The number of hydrogen-bond acceptors (Lipinski definition) is 2. The molecular weight excluding hydrogens is 254 g/mol. The summed E-state index contributed by atoms with van der Waals surface area (Å²) in [6, 6.07) is 0. The van der Waals surface area contributed by atoms with Gasteiger partial charge in [0.2, 0.25) is 5.91 Å². The molecule has 1 atom stereocenters. The van der Waals surface area contributed by atoms with Crippen molar-refractivity contribution in [1.29, 1.82) is 0 Å². The van der Waals surface area contributed by atoms with Gasteiger partial charge in [-0.2, -0.15) is 0 Å². The van der Waals surface area contributed by atoms with Gasteiger partial charge in [-0.25, -0.2) is 0 Å². The Kier molecular flexibility index (Phi) is 6.50. The highest BCUT2D eigenvalue weighted by atomic mass is 16.4. The first-order valence-electron chi connectivity index (χ1n) is 7.89. The molecule has 1 rings (SSSR count). The van der Waals surface area contributed by atoms with E-state index in [4.69, 9.17) is 5.11 Å². The summed E-state index contributed by atoms with van der Waals surface area (Å²) in [6.07, 6.45) is 6.07. The molecule has 1 unspecified atom stereocenters. The van der Waals surface area contributed by atoms with Gasteiger partial charge < -0.3 is 10.4 Å². The molecule has 0 spiro atoms. The molecule has 0 heterocycles. The molecule has 0 aromatic carbocycles. The second-order valence-electron chi connectivity index (χ2n) is 6.64.